The van der Waals surface area contributed by atoms with Crippen LogP contribution in [-0.2, 0) is 16.8 Å². The maximum Gasteiger partial charge on any atom is 0.394 e. The van der Waals surface area contributed by atoms with Crippen LogP contribution in [0.3, 0.4) is 0 Å². The van der Waals surface area contributed by atoms with Crippen LogP contribution in [0.25, 0.3) is 10.2 Å². The van der Waals surface area contributed by atoms with E-state index in [-0.39, 0.29) is 0 Å². The molecule has 2 rings (SSSR count). The molecule has 1 heterocycles. The standard InChI is InChI=1S/C10H11NS.H2O4S/c1-2-5-10-11-8-6-3-4-7-9(8)12-10;1-5(2,3)4/h3-4,6-7H,2,5H2,1H3;(H2,1,2,3,4). The number of hydrogen-bond acceptors (Lipinski definition) is 4. The number of benzene rings is 1. The van der Waals surface area contributed by atoms with Crippen molar-refractivity contribution in [1.82, 2.24) is 4.98 Å². The topological polar surface area (TPSA) is 87.5 Å². The van der Waals surface area contributed by atoms with Gasteiger partial charge in [-0.2, -0.15) is 8.42 Å². The van der Waals surface area contributed by atoms with Crippen LogP contribution in [0.1, 0.15) is 18.4 Å². The van der Waals surface area contributed by atoms with Crippen molar-refractivity contribution in [3.05, 3.63) is 29.3 Å². The second-order valence-corrected chi connectivity index (χ2v) is 5.28. The Morgan fingerprint density at radius 3 is 2.41 bits per heavy atom. The molecule has 0 unspecified atom stereocenters. The molecule has 2 aromatic rings. The van der Waals surface area contributed by atoms with Crippen LogP contribution in [0.15, 0.2) is 24.3 Å². The van der Waals surface area contributed by atoms with Gasteiger partial charge in [-0.15, -0.1) is 11.3 Å². The third-order valence-electron chi connectivity index (χ3n) is 1.80. The van der Waals surface area contributed by atoms with Crippen LogP contribution in [-0.4, -0.2) is 22.5 Å². The maximum absolute atomic E-state index is 8.74. The summed E-state index contributed by atoms with van der Waals surface area (Å²) in [4.78, 5) is 4.52. The summed E-state index contributed by atoms with van der Waals surface area (Å²) >= 11 is 1.81. The summed E-state index contributed by atoms with van der Waals surface area (Å²) in [7, 11) is -4.67. The van der Waals surface area contributed by atoms with Crippen LogP contribution in [0.4, 0.5) is 0 Å². The third-order valence-corrected chi connectivity index (χ3v) is 2.90. The average molecular weight is 275 g/mol. The lowest BCUT2D eigenvalue weighted by Crippen LogP contribution is -1.89. The minimum absolute atomic E-state index is 1.11. The average Bonchev–Trinajstić information content (AvgIpc) is 2.57. The highest BCUT2D eigenvalue weighted by molar-refractivity contribution is 7.79. The molecule has 1 aromatic carbocycles. The molecule has 0 saturated carbocycles. The van der Waals surface area contributed by atoms with E-state index in [1.807, 2.05) is 17.4 Å². The summed E-state index contributed by atoms with van der Waals surface area (Å²) in [5.74, 6) is 0. The van der Waals surface area contributed by atoms with E-state index in [9.17, 15) is 0 Å². The lowest BCUT2D eigenvalue weighted by molar-refractivity contribution is 0.381. The highest BCUT2D eigenvalue weighted by Crippen LogP contribution is 2.22. The zero-order valence-electron chi connectivity index (χ0n) is 9.20. The van der Waals surface area contributed by atoms with Crippen molar-refractivity contribution in [3.8, 4) is 0 Å². The second kappa shape index (κ2) is 6.06. The number of aromatic nitrogens is 1. The van der Waals surface area contributed by atoms with E-state index in [2.05, 4.69) is 30.1 Å². The fourth-order valence-electron chi connectivity index (χ4n) is 1.24. The number of nitrogens with zero attached hydrogens (tertiary/aromatic N) is 1. The highest BCUT2D eigenvalue weighted by Gasteiger charge is 2.00. The molecular formula is C10H13NO4S2. The molecule has 0 amide bonds. The lowest BCUT2D eigenvalue weighted by atomic mass is 10.3. The van der Waals surface area contributed by atoms with Gasteiger partial charge in [-0.05, 0) is 25.0 Å². The van der Waals surface area contributed by atoms with Crippen molar-refractivity contribution in [2.75, 3.05) is 0 Å². The van der Waals surface area contributed by atoms with Gasteiger partial charge in [-0.1, -0.05) is 19.1 Å². The zero-order valence-corrected chi connectivity index (χ0v) is 10.8. The predicted octanol–water partition coefficient (Wildman–Crippen LogP) is 2.60. The van der Waals surface area contributed by atoms with Gasteiger partial charge < -0.3 is 0 Å². The number of fused-ring (bicyclic) bond motifs is 1. The summed E-state index contributed by atoms with van der Waals surface area (Å²) in [6, 6.07) is 8.31. The molecule has 0 aliphatic rings. The van der Waals surface area contributed by atoms with Crippen molar-refractivity contribution in [2.45, 2.75) is 19.8 Å². The molecule has 0 atom stereocenters. The normalized spacial score (nSPS) is 11.0. The molecule has 2 N–H and O–H groups in total. The fraction of sp³-hybridized carbons (Fsp3) is 0.300. The Labute approximate surface area is 104 Å². The van der Waals surface area contributed by atoms with E-state index < -0.39 is 10.4 Å². The van der Waals surface area contributed by atoms with Crippen LogP contribution in [0.2, 0.25) is 0 Å². The largest absolute Gasteiger partial charge is 0.394 e. The third kappa shape index (κ3) is 5.73. The summed E-state index contributed by atoms with van der Waals surface area (Å²) in [6.07, 6.45) is 2.29. The molecule has 94 valence electrons. The quantitative estimate of drug-likeness (QED) is 0.822. The SMILES string of the molecule is CCCc1nc2ccccc2s1.O=S(=O)(O)O. The lowest BCUT2D eigenvalue weighted by Gasteiger charge is -1.85. The highest BCUT2D eigenvalue weighted by atomic mass is 32.3. The molecule has 0 spiro atoms. The molecule has 1 aromatic heterocycles. The van der Waals surface area contributed by atoms with Gasteiger partial charge in [0.1, 0.15) is 0 Å². The Morgan fingerprint density at radius 2 is 1.88 bits per heavy atom. The summed E-state index contributed by atoms with van der Waals surface area (Å²) < 4.78 is 32.9. The Balaban J connectivity index is 0.000000249. The molecule has 0 saturated heterocycles. The minimum atomic E-state index is -4.67. The maximum atomic E-state index is 8.74. The minimum Gasteiger partial charge on any atom is -0.264 e. The Morgan fingerprint density at radius 1 is 1.29 bits per heavy atom. The van der Waals surface area contributed by atoms with Gasteiger partial charge in [0.25, 0.3) is 0 Å². The first kappa shape index (κ1) is 14.0. The first-order valence-electron chi connectivity index (χ1n) is 4.94. The van der Waals surface area contributed by atoms with Crippen molar-refractivity contribution in [3.63, 3.8) is 0 Å². The van der Waals surface area contributed by atoms with E-state index in [1.165, 1.54) is 16.1 Å². The Bertz CT molecular complexity index is 536. The number of para-hydroxylation sites is 1. The predicted molar refractivity (Wildman–Crippen MR) is 67.8 cm³/mol. The van der Waals surface area contributed by atoms with Gasteiger partial charge in [0.2, 0.25) is 0 Å². The first-order chi connectivity index (χ1) is 7.90. The second-order valence-electron chi connectivity index (χ2n) is 3.27. The Hall–Kier alpha value is -1.02. The Kier molecular flexibility index (Phi) is 5.01. The number of rotatable bonds is 2. The van der Waals surface area contributed by atoms with Crippen molar-refractivity contribution < 1.29 is 17.5 Å². The molecule has 0 bridgehead atoms. The van der Waals surface area contributed by atoms with Crippen LogP contribution in [0.5, 0.6) is 0 Å². The molecule has 0 fully saturated rings. The zero-order chi connectivity index (χ0) is 12.9. The van der Waals surface area contributed by atoms with Crippen LogP contribution >= 0.6 is 11.3 Å². The fourth-order valence-corrected chi connectivity index (χ4v) is 2.31. The van der Waals surface area contributed by atoms with Gasteiger partial charge >= 0.3 is 10.4 Å². The number of thiazole rings is 1. The molecule has 7 heteroatoms. The van der Waals surface area contributed by atoms with Crippen LogP contribution in [0, 0.1) is 0 Å². The van der Waals surface area contributed by atoms with Crippen molar-refractivity contribution >= 4 is 32.0 Å². The molecule has 0 aliphatic carbocycles. The van der Waals surface area contributed by atoms with Crippen molar-refractivity contribution in [1.29, 1.82) is 0 Å². The smallest absolute Gasteiger partial charge is 0.264 e. The molecule has 0 aliphatic heterocycles. The monoisotopic (exact) mass is 275 g/mol. The van der Waals surface area contributed by atoms with E-state index in [4.69, 9.17) is 17.5 Å². The first-order valence-corrected chi connectivity index (χ1v) is 7.16. The molecule has 0 radical (unpaired) electrons. The van der Waals surface area contributed by atoms with Gasteiger partial charge in [0.15, 0.2) is 0 Å². The summed E-state index contributed by atoms with van der Waals surface area (Å²) in [6.45, 7) is 2.19. The number of aryl methyl sites for hydroxylation is 1. The van der Waals surface area contributed by atoms with Gasteiger partial charge in [0, 0.05) is 0 Å². The summed E-state index contributed by atoms with van der Waals surface area (Å²) in [5.41, 5.74) is 1.14. The van der Waals surface area contributed by atoms with Gasteiger partial charge in [-0.25, -0.2) is 4.98 Å². The summed E-state index contributed by atoms with van der Waals surface area (Å²) in [5, 5.41) is 1.26. The van der Waals surface area contributed by atoms with E-state index >= 15 is 0 Å². The molecule has 17 heavy (non-hydrogen) atoms. The van der Waals surface area contributed by atoms with E-state index in [0.29, 0.717) is 0 Å². The van der Waals surface area contributed by atoms with Crippen LogP contribution < -0.4 is 0 Å². The van der Waals surface area contributed by atoms with Crippen molar-refractivity contribution in [2.24, 2.45) is 0 Å². The van der Waals surface area contributed by atoms with E-state index in [1.54, 1.807) is 0 Å². The van der Waals surface area contributed by atoms with E-state index in [0.717, 1.165) is 11.9 Å². The van der Waals surface area contributed by atoms with Gasteiger partial charge in [0.05, 0.1) is 15.2 Å². The molecular weight excluding hydrogens is 262 g/mol. The molecule has 5 nitrogen and oxygen atoms in total. The van der Waals surface area contributed by atoms with Gasteiger partial charge in [-0.3, -0.25) is 9.11 Å². The number of hydrogen-bond donors (Lipinski definition) is 2.